The molecule has 11 heteroatoms. The SMILES string of the molecule is CCCCOc1ccc(NC(=O)C(=O)N/N=C\c2ccc(OCC(=O)Nc3ccc(C)c(Cl)c3)c(OC)c2)cc1. The molecule has 0 fully saturated rings. The average Bonchev–Trinajstić information content (AvgIpc) is 2.95. The van der Waals surface area contributed by atoms with Gasteiger partial charge in [-0.1, -0.05) is 31.0 Å². The van der Waals surface area contributed by atoms with Gasteiger partial charge >= 0.3 is 11.8 Å². The van der Waals surface area contributed by atoms with Gasteiger partial charge in [-0.25, -0.2) is 5.43 Å². The number of nitrogens with one attached hydrogen (secondary N) is 3. The Bertz CT molecular complexity index is 1360. The van der Waals surface area contributed by atoms with E-state index in [1.807, 2.05) is 6.92 Å². The number of methoxy groups -OCH3 is 1. The number of carbonyl (C=O) groups is 3. The normalized spacial score (nSPS) is 10.6. The van der Waals surface area contributed by atoms with Gasteiger partial charge in [-0.05, 0) is 79.1 Å². The number of unbranched alkanes of at least 4 members (excludes halogenated alkanes) is 1. The van der Waals surface area contributed by atoms with E-state index in [0.29, 0.717) is 45.8 Å². The van der Waals surface area contributed by atoms with Crippen LogP contribution in [0.4, 0.5) is 11.4 Å². The lowest BCUT2D eigenvalue weighted by Gasteiger charge is -2.12. The first kappa shape index (κ1) is 30.0. The Hall–Kier alpha value is -4.57. The van der Waals surface area contributed by atoms with E-state index in [2.05, 4.69) is 28.1 Å². The Kier molecular flexibility index (Phi) is 11.3. The van der Waals surface area contributed by atoms with E-state index in [9.17, 15) is 14.4 Å². The minimum atomic E-state index is -0.938. The summed E-state index contributed by atoms with van der Waals surface area (Å²) >= 11 is 6.09. The van der Waals surface area contributed by atoms with Crippen molar-refractivity contribution >= 4 is 46.9 Å². The van der Waals surface area contributed by atoms with Gasteiger partial charge in [-0.3, -0.25) is 14.4 Å². The monoisotopic (exact) mass is 566 g/mol. The number of amides is 3. The second kappa shape index (κ2) is 15.1. The predicted molar refractivity (Wildman–Crippen MR) is 155 cm³/mol. The van der Waals surface area contributed by atoms with E-state index >= 15 is 0 Å². The van der Waals surface area contributed by atoms with Crippen LogP contribution in [0.15, 0.2) is 65.8 Å². The van der Waals surface area contributed by atoms with E-state index in [-0.39, 0.29) is 12.5 Å². The number of hydrogen-bond donors (Lipinski definition) is 3. The summed E-state index contributed by atoms with van der Waals surface area (Å²) < 4.78 is 16.5. The Morgan fingerprint density at radius 3 is 2.35 bits per heavy atom. The van der Waals surface area contributed by atoms with Crippen molar-refractivity contribution in [1.29, 1.82) is 0 Å². The third kappa shape index (κ3) is 9.32. The van der Waals surface area contributed by atoms with Crippen molar-refractivity contribution in [1.82, 2.24) is 5.43 Å². The summed E-state index contributed by atoms with van der Waals surface area (Å²) in [7, 11) is 1.45. The van der Waals surface area contributed by atoms with Gasteiger partial charge in [0.15, 0.2) is 18.1 Å². The Balaban J connectivity index is 1.48. The quantitative estimate of drug-likeness (QED) is 0.123. The maximum Gasteiger partial charge on any atom is 0.329 e. The fraction of sp³-hybridized carbons (Fsp3) is 0.241. The Labute approximate surface area is 237 Å². The van der Waals surface area contributed by atoms with Crippen molar-refractivity contribution in [3.05, 3.63) is 76.8 Å². The zero-order valence-corrected chi connectivity index (χ0v) is 23.2. The molecule has 0 aliphatic heterocycles. The number of hydrogen-bond acceptors (Lipinski definition) is 7. The molecule has 0 aliphatic rings. The van der Waals surface area contributed by atoms with Crippen LogP contribution in [0.5, 0.6) is 17.2 Å². The lowest BCUT2D eigenvalue weighted by atomic mass is 10.2. The number of rotatable bonds is 12. The molecule has 3 aromatic rings. The van der Waals surface area contributed by atoms with E-state index < -0.39 is 11.8 Å². The van der Waals surface area contributed by atoms with Gasteiger partial charge in [0, 0.05) is 16.4 Å². The third-order valence-electron chi connectivity index (χ3n) is 5.47. The highest BCUT2D eigenvalue weighted by Crippen LogP contribution is 2.27. The number of halogens is 1. The van der Waals surface area contributed by atoms with Gasteiger partial charge < -0.3 is 24.8 Å². The molecule has 10 nitrogen and oxygen atoms in total. The molecule has 210 valence electrons. The van der Waals surface area contributed by atoms with Crippen LogP contribution < -0.4 is 30.3 Å². The van der Waals surface area contributed by atoms with E-state index in [1.165, 1.54) is 13.3 Å². The first-order valence-electron chi connectivity index (χ1n) is 12.5. The van der Waals surface area contributed by atoms with E-state index in [0.717, 1.165) is 18.4 Å². The zero-order valence-electron chi connectivity index (χ0n) is 22.5. The lowest BCUT2D eigenvalue weighted by molar-refractivity contribution is -0.136. The van der Waals surface area contributed by atoms with Gasteiger partial charge in [0.1, 0.15) is 5.75 Å². The molecule has 0 heterocycles. The highest BCUT2D eigenvalue weighted by Gasteiger charge is 2.13. The Morgan fingerprint density at radius 2 is 1.65 bits per heavy atom. The second-order valence-corrected chi connectivity index (χ2v) is 9.00. The molecule has 40 heavy (non-hydrogen) atoms. The summed E-state index contributed by atoms with van der Waals surface area (Å²) in [6, 6.07) is 16.8. The van der Waals surface area contributed by atoms with Crippen LogP contribution in [0, 0.1) is 6.92 Å². The molecule has 3 amide bonds. The van der Waals surface area contributed by atoms with Gasteiger partial charge in [0.25, 0.3) is 5.91 Å². The summed E-state index contributed by atoms with van der Waals surface area (Å²) in [6.07, 6.45) is 3.33. The van der Waals surface area contributed by atoms with Crippen molar-refractivity contribution in [3.63, 3.8) is 0 Å². The molecule has 0 unspecified atom stereocenters. The standard InChI is InChI=1S/C29H31ClN4O6/c1-4-5-14-39-23-11-9-21(10-12-23)33-28(36)29(37)34-31-17-20-7-13-25(26(15-20)38-3)40-18-27(35)32-22-8-6-19(2)24(30)16-22/h6-13,15-17H,4-5,14,18H2,1-3H3,(H,32,35)(H,33,36)(H,34,37)/b31-17-. The highest BCUT2D eigenvalue weighted by molar-refractivity contribution is 6.39. The number of ether oxygens (including phenoxy) is 3. The fourth-order valence-corrected chi connectivity index (χ4v) is 3.45. The molecule has 0 saturated heterocycles. The van der Waals surface area contributed by atoms with Crippen LogP contribution >= 0.6 is 11.6 Å². The molecule has 3 aromatic carbocycles. The molecule has 3 N–H and O–H groups in total. The van der Waals surface area contributed by atoms with Crippen molar-refractivity contribution < 1.29 is 28.6 Å². The van der Waals surface area contributed by atoms with E-state index in [1.54, 1.807) is 60.7 Å². The summed E-state index contributed by atoms with van der Waals surface area (Å²) in [4.78, 5) is 36.6. The number of carbonyl (C=O) groups excluding carboxylic acids is 3. The molecule has 3 rings (SSSR count). The maximum atomic E-state index is 12.3. The highest BCUT2D eigenvalue weighted by atomic mass is 35.5. The molecule has 0 aliphatic carbocycles. The summed E-state index contributed by atoms with van der Waals surface area (Å²) in [5.74, 6) is -0.812. The molecule has 0 aromatic heterocycles. The summed E-state index contributed by atoms with van der Waals surface area (Å²) in [5.41, 5.74) is 4.65. The second-order valence-electron chi connectivity index (χ2n) is 8.59. The number of benzene rings is 3. The number of nitrogens with zero attached hydrogens (tertiary/aromatic N) is 1. The Morgan fingerprint density at radius 1 is 0.900 bits per heavy atom. The molecular formula is C29H31ClN4O6. The number of anilines is 2. The molecule has 0 spiro atoms. The fourth-order valence-electron chi connectivity index (χ4n) is 3.27. The van der Waals surface area contributed by atoms with Crippen LogP contribution in [0.2, 0.25) is 5.02 Å². The molecule has 0 saturated carbocycles. The number of hydrazone groups is 1. The van der Waals surface area contributed by atoms with Crippen molar-refractivity contribution in [3.8, 4) is 17.2 Å². The predicted octanol–water partition coefficient (Wildman–Crippen LogP) is 4.94. The van der Waals surface area contributed by atoms with Gasteiger partial charge in [-0.2, -0.15) is 5.10 Å². The first-order valence-corrected chi connectivity index (χ1v) is 12.9. The summed E-state index contributed by atoms with van der Waals surface area (Å²) in [5, 5.41) is 9.58. The van der Waals surface area contributed by atoms with Crippen LogP contribution in [0.1, 0.15) is 30.9 Å². The average molecular weight is 567 g/mol. The minimum absolute atomic E-state index is 0.255. The third-order valence-corrected chi connectivity index (χ3v) is 5.87. The van der Waals surface area contributed by atoms with Crippen LogP contribution in [0.25, 0.3) is 0 Å². The maximum absolute atomic E-state index is 12.3. The lowest BCUT2D eigenvalue weighted by Crippen LogP contribution is -2.32. The molecular weight excluding hydrogens is 536 g/mol. The molecule has 0 radical (unpaired) electrons. The van der Waals surface area contributed by atoms with Gasteiger partial charge in [0.2, 0.25) is 0 Å². The van der Waals surface area contributed by atoms with Crippen molar-refractivity contribution in [2.24, 2.45) is 5.10 Å². The van der Waals surface area contributed by atoms with Crippen molar-refractivity contribution in [2.75, 3.05) is 31.0 Å². The van der Waals surface area contributed by atoms with Crippen molar-refractivity contribution in [2.45, 2.75) is 26.7 Å². The van der Waals surface area contributed by atoms with Crippen LogP contribution in [0.3, 0.4) is 0 Å². The smallest absolute Gasteiger partial charge is 0.329 e. The minimum Gasteiger partial charge on any atom is -0.494 e. The van der Waals surface area contributed by atoms with E-state index in [4.69, 9.17) is 25.8 Å². The molecule has 0 bridgehead atoms. The van der Waals surface area contributed by atoms with Crippen LogP contribution in [-0.4, -0.2) is 44.3 Å². The van der Waals surface area contributed by atoms with Gasteiger partial charge in [0.05, 0.1) is 19.9 Å². The molecule has 0 atom stereocenters. The largest absolute Gasteiger partial charge is 0.494 e. The van der Waals surface area contributed by atoms with Gasteiger partial charge in [-0.15, -0.1) is 0 Å². The topological polar surface area (TPSA) is 127 Å². The first-order chi connectivity index (χ1) is 19.3. The van der Waals surface area contributed by atoms with Crippen LogP contribution in [-0.2, 0) is 14.4 Å². The zero-order chi connectivity index (χ0) is 28.9. The summed E-state index contributed by atoms with van der Waals surface area (Å²) in [6.45, 7) is 4.31. The number of aryl methyl sites for hydroxylation is 1.